The van der Waals surface area contributed by atoms with Gasteiger partial charge in [0.25, 0.3) is 5.62 Å². The molecule has 1 aliphatic carbocycles. The lowest BCUT2D eigenvalue weighted by Crippen LogP contribution is -2.23. The van der Waals surface area contributed by atoms with Crippen LogP contribution in [0.3, 0.4) is 0 Å². The molecule has 5 rings (SSSR count). The molecule has 1 aromatic carbocycles. The van der Waals surface area contributed by atoms with Crippen LogP contribution in [0.5, 0.6) is 17.6 Å². The highest BCUT2D eigenvalue weighted by Gasteiger charge is 2.21. The largest absolute Gasteiger partial charge is 0.493 e. The minimum absolute atomic E-state index is 0.0620. The third kappa shape index (κ3) is 3.45. The highest BCUT2D eigenvalue weighted by molar-refractivity contribution is 6.32. The Hall–Kier alpha value is -3.66. The fourth-order valence-corrected chi connectivity index (χ4v) is 2.91. The number of imidazole rings is 1. The maximum absolute atomic E-state index is 11.4. The van der Waals surface area contributed by atoms with Crippen molar-refractivity contribution in [2.75, 3.05) is 0 Å². The first-order valence-electron chi connectivity index (χ1n) is 8.82. The Morgan fingerprint density at radius 1 is 1.28 bits per heavy atom. The Labute approximate surface area is 167 Å². The number of ether oxygens (including phenoxy) is 1. The molecule has 0 spiro atoms. The number of benzene rings is 1. The van der Waals surface area contributed by atoms with Gasteiger partial charge in [0.2, 0.25) is 5.88 Å². The number of aromatic hydroxyl groups is 1. The molecule has 3 heterocycles. The van der Waals surface area contributed by atoms with Crippen molar-refractivity contribution in [3.63, 3.8) is 0 Å². The van der Waals surface area contributed by atoms with Gasteiger partial charge in [-0.05, 0) is 31.1 Å². The van der Waals surface area contributed by atoms with E-state index in [4.69, 9.17) is 16.3 Å². The van der Waals surface area contributed by atoms with Gasteiger partial charge in [0.1, 0.15) is 11.4 Å². The Morgan fingerprint density at radius 3 is 2.83 bits per heavy atom. The minimum Gasteiger partial charge on any atom is -0.493 e. The van der Waals surface area contributed by atoms with Crippen LogP contribution in [0.15, 0.2) is 40.2 Å². The number of fused-ring (bicyclic) bond motifs is 1. The molecule has 10 nitrogen and oxygen atoms in total. The summed E-state index contributed by atoms with van der Waals surface area (Å²) in [6, 6.07) is 7.25. The lowest BCUT2D eigenvalue weighted by atomic mass is 10.3. The Balaban J connectivity index is 1.70. The summed E-state index contributed by atoms with van der Waals surface area (Å²) in [5, 5.41) is 15.1. The molecule has 29 heavy (non-hydrogen) atoms. The molecule has 0 amide bonds. The molecule has 1 aliphatic rings. The first-order chi connectivity index (χ1) is 14.1. The number of para-hydroxylation sites is 1. The molecule has 0 aliphatic heterocycles. The molecule has 0 radical (unpaired) electrons. The molecule has 4 aromatic rings. The average Bonchev–Trinajstić information content (AvgIpc) is 3.33. The predicted octanol–water partition coefficient (Wildman–Crippen LogP) is 0.903. The summed E-state index contributed by atoms with van der Waals surface area (Å²) in [6.07, 6.45) is 5.07. The predicted molar refractivity (Wildman–Crippen MR) is 103 cm³/mol. The van der Waals surface area contributed by atoms with Gasteiger partial charge in [0.15, 0.2) is 5.65 Å². The monoisotopic (exact) mass is 411 g/mol. The third-order valence-corrected chi connectivity index (χ3v) is 4.59. The summed E-state index contributed by atoms with van der Waals surface area (Å²) in [6.45, 7) is 0. The molecular weight excluding hydrogens is 398 g/mol. The Kier molecular flexibility index (Phi) is 4.06. The maximum Gasteiger partial charge on any atom is 0.327 e. The van der Waals surface area contributed by atoms with E-state index in [1.807, 2.05) is 0 Å². The summed E-state index contributed by atoms with van der Waals surface area (Å²) in [4.78, 5) is 29.5. The Morgan fingerprint density at radius 2 is 2.10 bits per heavy atom. The highest BCUT2D eigenvalue weighted by atomic mass is 35.5. The average molecular weight is 412 g/mol. The van der Waals surface area contributed by atoms with Gasteiger partial charge in [-0.2, -0.15) is 19.6 Å². The van der Waals surface area contributed by atoms with Crippen LogP contribution in [-0.4, -0.2) is 40.7 Å². The second-order valence-corrected chi connectivity index (χ2v) is 6.93. The number of aromatic nitrogens is 6. The van der Waals surface area contributed by atoms with E-state index >= 15 is 0 Å². The van der Waals surface area contributed by atoms with Crippen molar-refractivity contribution in [1.82, 2.24) is 29.5 Å². The minimum atomic E-state index is -0.521. The van der Waals surface area contributed by atoms with Gasteiger partial charge in [-0.1, -0.05) is 23.7 Å². The van der Waals surface area contributed by atoms with E-state index in [1.165, 1.54) is 4.52 Å². The van der Waals surface area contributed by atoms with Crippen molar-refractivity contribution in [3.05, 3.63) is 62.5 Å². The highest BCUT2D eigenvalue weighted by Crippen LogP contribution is 2.26. The van der Waals surface area contributed by atoms with Gasteiger partial charge in [0, 0.05) is 5.22 Å². The van der Waals surface area contributed by atoms with Gasteiger partial charge >= 0.3 is 11.7 Å². The van der Waals surface area contributed by atoms with Gasteiger partial charge in [0.05, 0.1) is 17.3 Å². The number of halogens is 1. The molecule has 0 bridgehead atoms. The van der Waals surface area contributed by atoms with Crippen LogP contribution in [0.4, 0.5) is 0 Å². The Bertz CT molecular complexity index is 1400. The van der Waals surface area contributed by atoms with Crippen LogP contribution in [0.25, 0.3) is 11.7 Å². The summed E-state index contributed by atoms with van der Waals surface area (Å²) in [7, 11) is 0. The molecule has 0 saturated heterocycles. The molecule has 11 heteroatoms. The molecule has 3 aromatic heterocycles. The number of hydrogen-bond donors (Lipinski definition) is 3. The maximum atomic E-state index is 11.4. The van der Waals surface area contributed by atoms with E-state index < -0.39 is 5.69 Å². The molecule has 146 valence electrons. The van der Waals surface area contributed by atoms with Gasteiger partial charge in [-0.15, -0.1) is 0 Å². The van der Waals surface area contributed by atoms with Crippen LogP contribution >= 0.6 is 11.6 Å². The normalized spacial score (nSPS) is 15.3. The second kappa shape index (κ2) is 6.74. The smallest absolute Gasteiger partial charge is 0.327 e. The second-order valence-electron chi connectivity index (χ2n) is 6.52. The van der Waals surface area contributed by atoms with E-state index in [0.717, 1.165) is 12.8 Å². The van der Waals surface area contributed by atoms with E-state index in [0.29, 0.717) is 27.3 Å². The van der Waals surface area contributed by atoms with Crippen LogP contribution in [0.2, 0.25) is 5.02 Å². The van der Waals surface area contributed by atoms with Crippen LogP contribution in [0.1, 0.15) is 18.5 Å². The van der Waals surface area contributed by atoms with Crippen molar-refractivity contribution in [1.29, 1.82) is 0 Å². The molecule has 1 fully saturated rings. The third-order valence-electron chi connectivity index (χ3n) is 4.28. The van der Waals surface area contributed by atoms with E-state index in [2.05, 4.69) is 30.0 Å². The molecular formula is C18H14ClN7O3. The molecule has 1 saturated carbocycles. The van der Waals surface area contributed by atoms with Crippen molar-refractivity contribution in [3.8, 4) is 17.6 Å². The fraction of sp³-hybridized carbons (Fsp3) is 0.167. The van der Waals surface area contributed by atoms with Crippen LogP contribution < -0.4 is 21.3 Å². The summed E-state index contributed by atoms with van der Waals surface area (Å²) in [5.41, 5.74) is 0.443. The zero-order chi connectivity index (χ0) is 20.0. The van der Waals surface area contributed by atoms with Crippen molar-refractivity contribution in [2.45, 2.75) is 18.9 Å². The van der Waals surface area contributed by atoms with E-state index in [9.17, 15) is 9.90 Å². The summed E-state index contributed by atoms with van der Waals surface area (Å²) < 4.78 is 7.27. The van der Waals surface area contributed by atoms with E-state index in [-0.39, 0.29) is 23.6 Å². The van der Waals surface area contributed by atoms with Crippen LogP contribution in [-0.2, 0) is 0 Å². The number of H-pyrrole nitrogens is 2. The first-order valence-corrected chi connectivity index (χ1v) is 9.19. The fourth-order valence-electron chi connectivity index (χ4n) is 2.73. The van der Waals surface area contributed by atoms with Crippen molar-refractivity contribution >= 4 is 23.3 Å². The zero-order valence-corrected chi connectivity index (χ0v) is 15.6. The van der Waals surface area contributed by atoms with Crippen LogP contribution in [0, 0.1) is 0 Å². The number of nitrogens with zero attached hydrogens (tertiary/aromatic N) is 5. The zero-order valence-electron chi connectivity index (χ0n) is 14.8. The van der Waals surface area contributed by atoms with Gasteiger partial charge in [-0.3, -0.25) is 4.98 Å². The summed E-state index contributed by atoms with van der Waals surface area (Å²) >= 11 is 6.17. The van der Waals surface area contributed by atoms with Crippen molar-refractivity contribution < 1.29 is 9.84 Å². The topological polar surface area (TPSA) is 134 Å². The standard InChI is InChI=1S/C18H14ClN7O3/c19-11-3-1-2-4-13(11)29-18-23-14-9(7-12-15(27)24-17(28)22-12)8-20-26(14)16(25-18)21-10-5-6-10/h1-4,7-8,10,27H,5-6H2,(H2,22,24,28)/b9-7+,21-16?. The van der Waals surface area contributed by atoms with E-state index in [1.54, 1.807) is 36.5 Å². The lowest BCUT2D eigenvalue weighted by Gasteiger charge is -2.05. The number of aromatic amines is 2. The van der Waals surface area contributed by atoms with Gasteiger partial charge in [-0.25, -0.2) is 9.79 Å². The number of rotatable bonds is 4. The van der Waals surface area contributed by atoms with Gasteiger partial charge < -0.3 is 14.8 Å². The molecule has 0 unspecified atom stereocenters. The SMILES string of the molecule is O=c1[nH]c(O)c(/C=c2\cnn3c(=NC4CC4)nc(Oc4ccccc4Cl)nc23)[nH]1. The number of nitrogens with one attached hydrogen (secondary N) is 2. The quantitative estimate of drug-likeness (QED) is 0.457. The molecule has 3 N–H and O–H groups in total. The van der Waals surface area contributed by atoms with Crippen molar-refractivity contribution in [2.24, 2.45) is 4.99 Å². The molecule has 0 atom stereocenters. The first kappa shape index (κ1) is 17.4. The lowest BCUT2D eigenvalue weighted by molar-refractivity contribution is 0.436. The summed E-state index contributed by atoms with van der Waals surface area (Å²) in [5.74, 6) is 0.132. The number of hydrogen-bond acceptors (Lipinski definition) is 7.